The van der Waals surface area contributed by atoms with Gasteiger partial charge in [-0.15, -0.1) is 0 Å². The van der Waals surface area contributed by atoms with Crippen LogP contribution in [0.4, 0.5) is 5.69 Å². The molecule has 1 saturated heterocycles. The summed E-state index contributed by atoms with van der Waals surface area (Å²) in [6.07, 6.45) is 8.00. The number of pyridine rings is 1. The lowest BCUT2D eigenvalue weighted by Crippen LogP contribution is -2.40. The number of likely N-dealkylation sites (tertiary alicyclic amines) is 1. The molecule has 7 nitrogen and oxygen atoms in total. The normalized spacial score (nSPS) is 16.4. The van der Waals surface area contributed by atoms with Gasteiger partial charge in [-0.05, 0) is 43.5 Å². The third kappa shape index (κ3) is 4.51. The van der Waals surface area contributed by atoms with Crippen LogP contribution in [0.2, 0.25) is 0 Å². The zero-order valence-electron chi connectivity index (χ0n) is 16.1. The number of aromatic nitrogens is 3. The van der Waals surface area contributed by atoms with Gasteiger partial charge in [-0.3, -0.25) is 19.3 Å². The highest BCUT2D eigenvalue weighted by atomic mass is 16.2. The van der Waals surface area contributed by atoms with Gasteiger partial charge in [0.15, 0.2) is 0 Å². The van der Waals surface area contributed by atoms with Crippen LogP contribution in [0.3, 0.4) is 0 Å². The highest BCUT2D eigenvalue weighted by Gasteiger charge is 2.28. The van der Waals surface area contributed by atoms with Gasteiger partial charge in [0, 0.05) is 24.5 Å². The Balaban J connectivity index is 1.41. The van der Waals surface area contributed by atoms with Crippen LogP contribution in [0.15, 0.2) is 67.1 Å². The van der Waals surface area contributed by atoms with Gasteiger partial charge < -0.3 is 10.2 Å². The molecule has 7 heteroatoms. The third-order valence-corrected chi connectivity index (χ3v) is 5.08. The van der Waals surface area contributed by atoms with Crippen LogP contribution < -0.4 is 5.32 Å². The molecule has 1 fully saturated rings. The van der Waals surface area contributed by atoms with Crippen molar-refractivity contribution < 1.29 is 9.59 Å². The smallest absolute Gasteiger partial charge is 0.255 e. The fourth-order valence-electron chi connectivity index (χ4n) is 3.65. The molecule has 29 heavy (non-hydrogen) atoms. The van der Waals surface area contributed by atoms with Crippen molar-refractivity contribution >= 4 is 17.5 Å². The number of hydrogen-bond acceptors (Lipinski definition) is 4. The van der Waals surface area contributed by atoms with Crippen LogP contribution in [-0.2, 0) is 11.3 Å². The first kappa shape index (κ1) is 18.9. The Labute approximate surface area is 169 Å². The average molecular weight is 389 g/mol. The minimum atomic E-state index is -0.206. The molecule has 3 aromatic rings. The third-order valence-electron chi connectivity index (χ3n) is 5.08. The minimum absolute atomic E-state index is 0.00406. The van der Waals surface area contributed by atoms with E-state index in [-0.39, 0.29) is 24.4 Å². The summed E-state index contributed by atoms with van der Waals surface area (Å²) in [5, 5.41) is 7.04. The van der Waals surface area contributed by atoms with E-state index in [0.29, 0.717) is 11.3 Å². The molecule has 1 aliphatic heterocycles. The molecule has 2 aromatic heterocycles. The van der Waals surface area contributed by atoms with Crippen molar-refractivity contribution in [2.24, 2.45) is 0 Å². The lowest BCUT2D eigenvalue weighted by molar-refractivity contribution is -0.136. The van der Waals surface area contributed by atoms with Gasteiger partial charge >= 0.3 is 0 Å². The fourth-order valence-corrected chi connectivity index (χ4v) is 3.65. The number of carbonyl (C=O) groups excluding carboxylic acids is 2. The molecule has 0 bridgehead atoms. The zero-order chi connectivity index (χ0) is 20.1. The SMILES string of the molecule is O=C(Nc1cnn(CC(=O)N2CCCCC2c2ccccn2)c1)c1ccccc1. The molecule has 1 aromatic carbocycles. The van der Waals surface area contributed by atoms with E-state index in [1.54, 1.807) is 35.4 Å². The predicted octanol–water partition coefficient (Wildman–Crippen LogP) is 3.28. The second-order valence-corrected chi connectivity index (χ2v) is 7.10. The summed E-state index contributed by atoms with van der Waals surface area (Å²) in [6, 6.07) is 14.8. The number of anilines is 1. The summed E-state index contributed by atoms with van der Waals surface area (Å²) < 4.78 is 1.56. The maximum atomic E-state index is 13.0. The zero-order valence-corrected chi connectivity index (χ0v) is 16.1. The number of nitrogens with one attached hydrogen (secondary N) is 1. The number of rotatable bonds is 5. The van der Waals surface area contributed by atoms with Crippen LogP contribution >= 0.6 is 0 Å². The van der Waals surface area contributed by atoms with Crippen molar-refractivity contribution in [1.29, 1.82) is 0 Å². The molecule has 1 unspecified atom stereocenters. The Morgan fingerprint density at radius 3 is 2.69 bits per heavy atom. The molecule has 1 N–H and O–H groups in total. The van der Waals surface area contributed by atoms with E-state index in [0.717, 1.165) is 31.5 Å². The first-order valence-corrected chi connectivity index (χ1v) is 9.80. The Hall–Kier alpha value is -3.48. The van der Waals surface area contributed by atoms with Crippen molar-refractivity contribution in [3.05, 3.63) is 78.4 Å². The van der Waals surface area contributed by atoms with Crippen molar-refractivity contribution in [3.63, 3.8) is 0 Å². The Morgan fingerprint density at radius 1 is 1.07 bits per heavy atom. The molecule has 148 valence electrons. The first-order chi connectivity index (χ1) is 14.2. The molecule has 0 saturated carbocycles. The van der Waals surface area contributed by atoms with Gasteiger partial charge in [0.1, 0.15) is 6.54 Å². The quantitative estimate of drug-likeness (QED) is 0.726. The summed E-state index contributed by atoms with van der Waals surface area (Å²) >= 11 is 0. The van der Waals surface area contributed by atoms with Gasteiger partial charge in [-0.2, -0.15) is 5.10 Å². The lowest BCUT2D eigenvalue weighted by Gasteiger charge is -2.35. The molecule has 2 amide bonds. The van der Waals surface area contributed by atoms with Crippen molar-refractivity contribution in [3.8, 4) is 0 Å². The van der Waals surface area contributed by atoms with E-state index in [9.17, 15) is 9.59 Å². The molecule has 4 rings (SSSR count). The highest BCUT2D eigenvalue weighted by molar-refractivity contribution is 6.04. The van der Waals surface area contributed by atoms with Gasteiger partial charge in [-0.1, -0.05) is 24.3 Å². The van der Waals surface area contributed by atoms with Gasteiger partial charge in [0.05, 0.1) is 23.6 Å². The second kappa shape index (κ2) is 8.68. The number of carbonyl (C=O) groups is 2. The van der Waals surface area contributed by atoms with E-state index in [1.165, 1.54) is 0 Å². The van der Waals surface area contributed by atoms with Crippen molar-refractivity contribution in [2.75, 3.05) is 11.9 Å². The summed E-state index contributed by atoms with van der Waals surface area (Å²) in [6.45, 7) is 0.851. The van der Waals surface area contributed by atoms with Crippen LogP contribution in [0.5, 0.6) is 0 Å². The monoisotopic (exact) mass is 389 g/mol. The van der Waals surface area contributed by atoms with Crippen LogP contribution in [-0.4, -0.2) is 38.0 Å². The molecular weight excluding hydrogens is 366 g/mol. The van der Waals surface area contributed by atoms with Crippen molar-refractivity contribution in [2.45, 2.75) is 31.8 Å². The predicted molar refractivity (Wildman–Crippen MR) is 109 cm³/mol. The number of piperidine rings is 1. The average Bonchev–Trinajstić information content (AvgIpc) is 3.21. The maximum Gasteiger partial charge on any atom is 0.255 e. The second-order valence-electron chi connectivity index (χ2n) is 7.10. The first-order valence-electron chi connectivity index (χ1n) is 9.80. The number of benzene rings is 1. The molecule has 1 atom stereocenters. The van der Waals surface area contributed by atoms with Gasteiger partial charge in [0.25, 0.3) is 5.91 Å². The maximum absolute atomic E-state index is 13.0. The fraction of sp³-hybridized carbons (Fsp3) is 0.273. The molecule has 3 heterocycles. The Morgan fingerprint density at radius 2 is 1.90 bits per heavy atom. The topological polar surface area (TPSA) is 80.1 Å². The summed E-state index contributed by atoms with van der Waals surface area (Å²) in [7, 11) is 0. The molecule has 0 spiro atoms. The van der Waals surface area contributed by atoms with E-state index >= 15 is 0 Å². The molecule has 1 aliphatic rings. The summed E-state index contributed by atoms with van der Waals surface area (Å²) in [5.41, 5.74) is 2.06. The number of hydrogen-bond donors (Lipinski definition) is 1. The van der Waals surface area contributed by atoms with Gasteiger partial charge in [0.2, 0.25) is 5.91 Å². The van der Waals surface area contributed by atoms with E-state index < -0.39 is 0 Å². The van der Waals surface area contributed by atoms with E-state index in [1.807, 2.05) is 41.3 Å². The highest BCUT2D eigenvalue weighted by Crippen LogP contribution is 2.29. The van der Waals surface area contributed by atoms with Crippen LogP contribution in [0, 0.1) is 0 Å². The van der Waals surface area contributed by atoms with E-state index in [2.05, 4.69) is 15.4 Å². The van der Waals surface area contributed by atoms with Crippen LogP contribution in [0.1, 0.15) is 41.4 Å². The molecule has 0 radical (unpaired) electrons. The van der Waals surface area contributed by atoms with E-state index in [4.69, 9.17) is 0 Å². The molecule has 0 aliphatic carbocycles. The summed E-state index contributed by atoms with van der Waals surface area (Å²) in [4.78, 5) is 31.6. The summed E-state index contributed by atoms with van der Waals surface area (Å²) in [5.74, 6) is -0.202. The minimum Gasteiger partial charge on any atom is -0.332 e. The Kier molecular flexibility index (Phi) is 5.65. The van der Waals surface area contributed by atoms with Crippen molar-refractivity contribution in [1.82, 2.24) is 19.7 Å². The molecular formula is C22H23N5O2. The number of nitrogens with zero attached hydrogens (tertiary/aromatic N) is 4. The lowest BCUT2D eigenvalue weighted by atomic mass is 9.98. The largest absolute Gasteiger partial charge is 0.332 e. The van der Waals surface area contributed by atoms with Crippen LogP contribution in [0.25, 0.3) is 0 Å². The Bertz CT molecular complexity index is 971. The van der Waals surface area contributed by atoms with Gasteiger partial charge in [-0.25, -0.2) is 0 Å². The standard InChI is InChI=1S/C22H23N5O2/c28-21(27-13-7-5-11-20(27)19-10-4-6-12-23-19)16-26-15-18(14-24-26)25-22(29)17-8-2-1-3-9-17/h1-4,6,8-10,12,14-15,20H,5,7,11,13,16H2,(H,25,29). The number of amides is 2.